The van der Waals surface area contributed by atoms with E-state index >= 15 is 0 Å². The van der Waals surface area contributed by atoms with Crippen LogP contribution in [0.4, 0.5) is 23.2 Å². The number of halogens is 5. The fourth-order valence-electron chi connectivity index (χ4n) is 0.905. The normalized spacial score (nSPS) is 11.5. The summed E-state index contributed by atoms with van der Waals surface area (Å²) in [5.74, 6) is -3.16. The Morgan fingerprint density at radius 2 is 1.87 bits per heavy atom. The van der Waals surface area contributed by atoms with Crippen LogP contribution in [0.15, 0.2) is 12.1 Å². The molecule has 0 bridgehead atoms. The molecule has 1 rings (SSSR count). The van der Waals surface area contributed by atoms with Crippen molar-refractivity contribution in [2.45, 2.75) is 6.18 Å². The second-order valence-electron chi connectivity index (χ2n) is 2.69. The van der Waals surface area contributed by atoms with Gasteiger partial charge >= 0.3 is 6.18 Å². The van der Waals surface area contributed by atoms with Crippen LogP contribution >= 0.6 is 11.6 Å². The lowest BCUT2D eigenvalue weighted by Gasteiger charge is -2.07. The minimum absolute atomic E-state index is 0.586. The Kier molecular flexibility index (Phi) is 2.90. The molecule has 82 valence electrons. The van der Waals surface area contributed by atoms with E-state index in [0.29, 0.717) is 12.1 Å². The zero-order valence-electron chi connectivity index (χ0n) is 7.03. The molecule has 15 heavy (non-hydrogen) atoms. The number of ketones is 1. The van der Waals surface area contributed by atoms with Crippen LogP contribution in [0.2, 0.25) is 5.02 Å². The van der Waals surface area contributed by atoms with E-state index in [4.69, 9.17) is 17.3 Å². The highest BCUT2D eigenvalue weighted by Gasteiger charge is 2.39. The SMILES string of the molecule is Nc1cc(C(=O)C(F)(F)F)cc(Cl)c1F. The van der Waals surface area contributed by atoms with Crippen LogP contribution in [0.3, 0.4) is 0 Å². The summed E-state index contributed by atoms with van der Waals surface area (Å²) >= 11 is 5.24. The summed E-state index contributed by atoms with van der Waals surface area (Å²) in [6.45, 7) is 0. The lowest BCUT2D eigenvalue weighted by Crippen LogP contribution is -2.23. The minimum Gasteiger partial charge on any atom is -0.396 e. The van der Waals surface area contributed by atoms with Gasteiger partial charge in [0.1, 0.15) is 0 Å². The third-order valence-electron chi connectivity index (χ3n) is 1.58. The Morgan fingerprint density at radius 1 is 1.33 bits per heavy atom. The summed E-state index contributed by atoms with van der Waals surface area (Å²) in [4.78, 5) is 10.7. The Morgan fingerprint density at radius 3 is 2.27 bits per heavy atom. The monoisotopic (exact) mass is 241 g/mol. The van der Waals surface area contributed by atoms with Gasteiger partial charge in [-0.05, 0) is 12.1 Å². The van der Waals surface area contributed by atoms with Crippen LogP contribution in [-0.4, -0.2) is 12.0 Å². The van der Waals surface area contributed by atoms with Crippen LogP contribution in [-0.2, 0) is 0 Å². The maximum absolute atomic E-state index is 12.8. The van der Waals surface area contributed by atoms with Crippen LogP contribution in [0, 0.1) is 5.82 Å². The highest BCUT2D eigenvalue weighted by atomic mass is 35.5. The molecule has 0 radical (unpaired) electrons. The van der Waals surface area contributed by atoms with Crippen molar-refractivity contribution in [3.05, 3.63) is 28.5 Å². The first-order valence-electron chi connectivity index (χ1n) is 3.59. The summed E-state index contributed by atoms with van der Waals surface area (Å²) in [5.41, 5.74) is 3.64. The molecule has 1 aromatic rings. The van der Waals surface area contributed by atoms with Crippen molar-refractivity contribution in [3.8, 4) is 0 Å². The first kappa shape index (κ1) is 11.8. The Hall–Kier alpha value is -1.30. The number of carbonyl (C=O) groups excluding carboxylic acids is 1. The first-order valence-corrected chi connectivity index (χ1v) is 3.97. The molecule has 0 spiro atoms. The van der Waals surface area contributed by atoms with Gasteiger partial charge in [0.25, 0.3) is 5.78 Å². The van der Waals surface area contributed by atoms with Gasteiger partial charge in [-0.3, -0.25) is 4.79 Å². The molecule has 2 N–H and O–H groups in total. The van der Waals surface area contributed by atoms with Gasteiger partial charge < -0.3 is 5.73 Å². The maximum atomic E-state index is 12.8. The predicted octanol–water partition coefficient (Wildman–Crippen LogP) is 2.81. The fourth-order valence-corrected chi connectivity index (χ4v) is 1.13. The number of rotatable bonds is 1. The molecule has 0 aliphatic heterocycles. The quantitative estimate of drug-likeness (QED) is 0.467. The van der Waals surface area contributed by atoms with Gasteiger partial charge in [-0.25, -0.2) is 4.39 Å². The predicted molar refractivity (Wildman–Crippen MR) is 46.2 cm³/mol. The Balaban J connectivity index is 3.24. The molecule has 7 heteroatoms. The average Bonchev–Trinajstić information content (AvgIpc) is 2.10. The lowest BCUT2D eigenvalue weighted by atomic mass is 10.1. The number of Topliss-reactive ketones (excluding diaryl/α,β-unsaturated/α-hetero) is 1. The van der Waals surface area contributed by atoms with Crippen LogP contribution in [0.25, 0.3) is 0 Å². The molecule has 0 aliphatic rings. The summed E-state index contributed by atoms with van der Waals surface area (Å²) in [7, 11) is 0. The van der Waals surface area contributed by atoms with E-state index in [1.165, 1.54) is 0 Å². The molecule has 0 heterocycles. The van der Waals surface area contributed by atoms with Crippen molar-refractivity contribution in [2.75, 3.05) is 5.73 Å². The summed E-state index contributed by atoms with van der Waals surface area (Å²) < 4.78 is 48.7. The van der Waals surface area contributed by atoms with E-state index in [1.807, 2.05) is 0 Å². The van der Waals surface area contributed by atoms with Crippen molar-refractivity contribution < 1.29 is 22.4 Å². The average molecular weight is 242 g/mol. The van der Waals surface area contributed by atoms with Crippen molar-refractivity contribution in [3.63, 3.8) is 0 Å². The van der Waals surface area contributed by atoms with Crippen LogP contribution < -0.4 is 5.73 Å². The number of hydrogen-bond acceptors (Lipinski definition) is 2. The Labute approximate surface area is 86.6 Å². The minimum atomic E-state index is -5.03. The first-order chi connectivity index (χ1) is 6.73. The summed E-state index contributed by atoms with van der Waals surface area (Å²) in [6.07, 6.45) is -5.03. The maximum Gasteiger partial charge on any atom is 0.454 e. The largest absolute Gasteiger partial charge is 0.454 e. The van der Waals surface area contributed by atoms with Gasteiger partial charge in [0.15, 0.2) is 5.82 Å². The second-order valence-corrected chi connectivity index (χ2v) is 3.10. The summed E-state index contributed by atoms with van der Waals surface area (Å²) in [5, 5.41) is -0.623. The molecule has 2 nitrogen and oxygen atoms in total. The molecule has 0 saturated carbocycles. The third kappa shape index (κ3) is 2.38. The van der Waals surface area contributed by atoms with Gasteiger partial charge in [-0.1, -0.05) is 11.6 Å². The number of nitrogens with two attached hydrogens (primary N) is 1. The van der Waals surface area contributed by atoms with E-state index in [2.05, 4.69) is 0 Å². The zero-order valence-corrected chi connectivity index (χ0v) is 7.79. The standard InChI is InChI=1S/C8H4ClF4NO/c9-4-1-3(2-5(14)6(4)10)7(15)8(11,12)13/h1-2H,14H2. The molecule has 0 aromatic heterocycles. The molecule has 0 atom stereocenters. The van der Waals surface area contributed by atoms with Gasteiger partial charge in [-0.15, -0.1) is 0 Å². The molecule has 0 saturated heterocycles. The second kappa shape index (κ2) is 3.69. The smallest absolute Gasteiger partial charge is 0.396 e. The number of carbonyl (C=O) groups is 1. The zero-order chi connectivity index (χ0) is 11.8. The highest BCUT2D eigenvalue weighted by Crippen LogP contribution is 2.27. The van der Waals surface area contributed by atoms with Crippen molar-refractivity contribution in [1.82, 2.24) is 0 Å². The Bertz CT molecular complexity index is 393. The van der Waals surface area contributed by atoms with Gasteiger partial charge in [0.2, 0.25) is 0 Å². The number of nitrogen functional groups attached to an aromatic ring is 1. The van der Waals surface area contributed by atoms with E-state index < -0.39 is 34.1 Å². The topological polar surface area (TPSA) is 43.1 Å². The van der Waals surface area contributed by atoms with Crippen LogP contribution in [0.1, 0.15) is 10.4 Å². The molecule has 1 aromatic carbocycles. The molecule has 0 fully saturated rings. The van der Waals surface area contributed by atoms with E-state index in [-0.39, 0.29) is 0 Å². The van der Waals surface area contributed by atoms with Crippen molar-refractivity contribution in [1.29, 1.82) is 0 Å². The van der Waals surface area contributed by atoms with Gasteiger partial charge in [0.05, 0.1) is 10.7 Å². The number of anilines is 1. The number of hydrogen-bond donors (Lipinski definition) is 1. The van der Waals surface area contributed by atoms with Crippen molar-refractivity contribution in [2.24, 2.45) is 0 Å². The van der Waals surface area contributed by atoms with E-state index in [9.17, 15) is 22.4 Å². The van der Waals surface area contributed by atoms with Gasteiger partial charge in [-0.2, -0.15) is 13.2 Å². The molecule has 0 unspecified atom stereocenters. The van der Waals surface area contributed by atoms with E-state index in [1.54, 1.807) is 0 Å². The van der Waals surface area contributed by atoms with E-state index in [0.717, 1.165) is 0 Å². The lowest BCUT2D eigenvalue weighted by molar-refractivity contribution is -0.0885. The highest BCUT2D eigenvalue weighted by molar-refractivity contribution is 6.31. The van der Waals surface area contributed by atoms with Crippen molar-refractivity contribution >= 4 is 23.1 Å². The third-order valence-corrected chi connectivity index (χ3v) is 1.85. The number of benzene rings is 1. The molecular weight excluding hydrogens is 238 g/mol. The fraction of sp³-hybridized carbons (Fsp3) is 0.125. The summed E-state index contributed by atoms with van der Waals surface area (Å²) in [6, 6.07) is 1.18. The molecular formula is C8H4ClF4NO. The number of alkyl halides is 3. The molecule has 0 amide bonds. The van der Waals surface area contributed by atoms with Gasteiger partial charge in [0, 0.05) is 5.56 Å². The van der Waals surface area contributed by atoms with Crippen LogP contribution in [0.5, 0.6) is 0 Å². The molecule has 0 aliphatic carbocycles.